The van der Waals surface area contributed by atoms with Crippen molar-refractivity contribution in [2.24, 2.45) is 0 Å². The second-order valence-corrected chi connectivity index (χ2v) is 10.6. The van der Waals surface area contributed by atoms with E-state index in [0.717, 1.165) is 5.69 Å². The average molecular weight is 556 g/mol. The number of nitrogens with zero attached hydrogens (tertiary/aromatic N) is 1. The largest absolute Gasteiger partial charge is 0.457 e. The predicted molar refractivity (Wildman–Crippen MR) is 137 cm³/mol. The summed E-state index contributed by atoms with van der Waals surface area (Å²) < 4.78 is 39.8. The zero-order valence-corrected chi connectivity index (χ0v) is 21.4. The van der Waals surface area contributed by atoms with Gasteiger partial charge in [-0.3, -0.25) is 4.72 Å². The fourth-order valence-electron chi connectivity index (χ4n) is 3.54. The first-order valence-electron chi connectivity index (χ1n) is 10.6. The highest BCUT2D eigenvalue weighted by Crippen LogP contribution is 2.31. The Kier molecular flexibility index (Phi) is 8.09. The highest BCUT2D eigenvalue weighted by molar-refractivity contribution is 7.92. The third-order valence-electron chi connectivity index (χ3n) is 5.33. The summed E-state index contributed by atoms with van der Waals surface area (Å²) in [6, 6.07) is 15.8. The van der Waals surface area contributed by atoms with E-state index in [4.69, 9.17) is 44.3 Å². The minimum Gasteiger partial charge on any atom is -0.457 e. The van der Waals surface area contributed by atoms with Crippen LogP contribution in [0.2, 0.25) is 15.1 Å². The number of nitrogens with one attached hydrogen (secondary N) is 1. The normalized spacial score (nSPS) is 14.0. The second kappa shape index (κ2) is 11.1. The molecule has 1 fully saturated rings. The molecule has 0 amide bonds. The van der Waals surface area contributed by atoms with Gasteiger partial charge in [0.05, 0.1) is 35.2 Å². The lowest BCUT2D eigenvalue weighted by atomic mass is 10.2. The average Bonchev–Trinajstić information content (AvgIpc) is 2.84. The number of hydrogen-bond acceptors (Lipinski definition) is 6. The number of anilines is 2. The summed E-state index contributed by atoms with van der Waals surface area (Å²) in [5.41, 5.74) is 1.72. The van der Waals surface area contributed by atoms with Gasteiger partial charge in [-0.05, 0) is 42.5 Å². The lowest BCUT2D eigenvalue weighted by Gasteiger charge is -2.30. The summed E-state index contributed by atoms with van der Waals surface area (Å²) in [6.45, 7) is 2.28. The quantitative estimate of drug-likeness (QED) is 0.380. The van der Waals surface area contributed by atoms with Crippen LogP contribution < -0.4 is 9.62 Å². The molecule has 0 spiro atoms. The van der Waals surface area contributed by atoms with Crippen molar-refractivity contribution in [2.75, 3.05) is 35.9 Å². The molecular weight excluding hydrogens is 535 g/mol. The minimum absolute atomic E-state index is 0.0290. The van der Waals surface area contributed by atoms with Gasteiger partial charge in [-0.1, -0.05) is 53.0 Å². The van der Waals surface area contributed by atoms with Gasteiger partial charge in [0.1, 0.15) is 11.5 Å². The van der Waals surface area contributed by atoms with Crippen molar-refractivity contribution in [3.05, 3.63) is 86.9 Å². The maximum atomic E-state index is 13.3. The van der Waals surface area contributed by atoms with Crippen molar-refractivity contribution in [1.82, 2.24) is 0 Å². The van der Waals surface area contributed by atoms with Gasteiger partial charge in [0.2, 0.25) is 0 Å². The van der Waals surface area contributed by atoms with Crippen molar-refractivity contribution in [1.29, 1.82) is 0 Å². The number of para-hydroxylation sites is 2. The molecule has 3 aromatic carbocycles. The Hall–Kier alpha value is -2.49. The molecule has 3 aromatic rings. The Labute approximate surface area is 218 Å². The zero-order chi connectivity index (χ0) is 25.0. The molecule has 0 bridgehead atoms. The molecule has 1 aliphatic rings. The van der Waals surface area contributed by atoms with E-state index in [9.17, 15) is 13.2 Å². The maximum Gasteiger partial charge on any atom is 0.338 e. The Morgan fingerprint density at radius 1 is 0.971 bits per heavy atom. The Bertz CT molecular complexity index is 1340. The number of sulfonamides is 1. The molecule has 0 radical (unpaired) electrons. The van der Waals surface area contributed by atoms with E-state index < -0.39 is 16.0 Å². The summed E-state index contributed by atoms with van der Waals surface area (Å²) in [4.78, 5) is 14.4. The smallest absolute Gasteiger partial charge is 0.338 e. The number of benzene rings is 3. The van der Waals surface area contributed by atoms with Gasteiger partial charge in [0.15, 0.2) is 0 Å². The van der Waals surface area contributed by atoms with Crippen LogP contribution in [0, 0.1) is 0 Å². The van der Waals surface area contributed by atoms with Crippen LogP contribution in [0.15, 0.2) is 65.6 Å². The van der Waals surface area contributed by atoms with E-state index in [0.29, 0.717) is 47.6 Å². The molecule has 1 N–H and O–H groups in total. The molecular formula is C24H21Cl3N2O5S. The van der Waals surface area contributed by atoms with Crippen LogP contribution in [0.4, 0.5) is 11.4 Å². The molecule has 0 atom stereocenters. The van der Waals surface area contributed by atoms with E-state index in [1.54, 1.807) is 30.3 Å². The van der Waals surface area contributed by atoms with Crippen molar-refractivity contribution in [3.63, 3.8) is 0 Å². The minimum atomic E-state index is -4.12. The van der Waals surface area contributed by atoms with E-state index in [-0.39, 0.29) is 22.1 Å². The summed E-state index contributed by atoms with van der Waals surface area (Å²) >= 11 is 18.2. The standard InChI is InChI=1S/C24H21Cl3N2O5S/c25-18-7-5-17(20(27)14-18)15-34-24(30)16-6-8-19(26)23(13-16)35(31,32)28-21-3-1-2-4-22(21)29-9-11-33-12-10-29/h1-8,13-14,28H,9-12,15H2. The molecule has 11 heteroatoms. The van der Waals surface area contributed by atoms with Crippen LogP contribution in [-0.2, 0) is 26.1 Å². The molecule has 4 rings (SSSR count). The summed E-state index contributed by atoms with van der Waals surface area (Å²) in [6.07, 6.45) is 0. The molecule has 184 valence electrons. The van der Waals surface area contributed by atoms with Gasteiger partial charge < -0.3 is 14.4 Å². The van der Waals surface area contributed by atoms with Crippen molar-refractivity contribution >= 4 is 62.2 Å². The topological polar surface area (TPSA) is 84.9 Å². The number of halogens is 3. The number of morpholine rings is 1. The fraction of sp³-hybridized carbons (Fsp3) is 0.208. The Balaban J connectivity index is 1.54. The number of ether oxygens (including phenoxy) is 2. The van der Waals surface area contributed by atoms with E-state index in [1.165, 1.54) is 18.2 Å². The molecule has 0 unspecified atom stereocenters. The number of hydrogen-bond donors (Lipinski definition) is 1. The van der Waals surface area contributed by atoms with Crippen molar-refractivity contribution < 1.29 is 22.7 Å². The fourth-order valence-corrected chi connectivity index (χ4v) is 5.61. The Morgan fingerprint density at radius 2 is 1.71 bits per heavy atom. The van der Waals surface area contributed by atoms with Gasteiger partial charge in [0, 0.05) is 28.7 Å². The highest BCUT2D eigenvalue weighted by Gasteiger charge is 2.23. The monoisotopic (exact) mass is 554 g/mol. The van der Waals surface area contributed by atoms with Crippen LogP contribution in [0.25, 0.3) is 0 Å². The molecule has 1 saturated heterocycles. The molecule has 35 heavy (non-hydrogen) atoms. The molecule has 7 nitrogen and oxygen atoms in total. The SMILES string of the molecule is O=C(OCc1ccc(Cl)cc1Cl)c1ccc(Cl)c(S(=O)(=O)Nc2ccccc2N2CCOCC2)c1. The number of carbonyl (C=O) groups excluding carboxylic acids is 1. The summed E-state index contributed by atoms with van der Waals surface area (Å²) in [5, 5.41) is 0.784. The van der Waals surface area contributed by atoms with Crippen molar-refractivity contribution in [3.8, 4) is 0 Å². The van der Waals surface area contributed by atoms with Crippen LogP contribution in [0.1, 0.15) is 15.9 Å². The second-order valence-electron chi connectivity index (χ2n) is 7.68. The van der Waals surface area contributed by atoms with E-state index in [1.807, 2.05) is 17.0 Å². The van der Waals surface area contributed by atoms with Gasteiger partial charge in [-0.25, -0.2) is 13.2 Å². The van der Waals surface area contributed by atoms with Gasteiger partial charge in [-0.15, -0.1) is 0 Å². The van der Waals surface area contributed by atoms with E-state index in [2.05, 4.69) is 4.72 Å². The van der Waals surface area contributed by atoms with Crippen LogP contribution in [0.3, 0.4) is 0 Å². The van der Waals surface area contributed by atoms with Crippen LogP contribution >= 0.6 is 34.8 Å². The third kappa shape index (κ3) is 6.20. The first kappa shape index (κ1) is 25.6. The lowest BCUT2D eigenvalue weighted by Crippen LogP contribution is -2.36. The van der Waals surface area contributed by atoms with Crippen LogP contribution in [-0.4, -0.2) is 40.7 Å². The third-order valence-corrected chi connectivity index (χ3v) is 7.76. The van der Waals surface area contributed by atoms with Gasteiger partial charge >= 0.3 is 5.97 Å². The highest BCUT2D eigenvalue weighted by atomic mass is 35.5. The number of esters is 1. The molecule has 0 saturated carbocycles. The van der Waals surface area contributed by atoms with E-state index >= 15 is 0 Å². The molecule has 1 aliphatic heterocycles. The summed E-state index contributed by atoms with van der Waals surface area (Å²) in [5.74, 6) is -0.724. The van der Waals surface area contributed by atoms with Crippen LogP contribution in [0.5, 0.6) is 0 Å². The van der Waals surface area contributed by atoms with Gasteiger partial charge in [0.25, 0.3) is 10.0 Å². The molecule has 0 aliphatic carbocycles. The first-order valence-corrected chi connectivity index (χ1v) is 13.2. The van der Waals surface area contributed by atoms with Crippen molar-refractivity contribution in [2.45, 2.75) is 11.5 Å². The maximum absolute atomic E-state index is 13.3. The zero-order valence-electron chi connectivity index (χ0n) is 18.3. The van der Waals surface area contributed by atoms with Gasteiger partial charge in [-0.2, -0.15) is 0 Å². The molecule has 0 aromatic heterocycles. The predicted octanol–water partition coefficient (Wildman–Crippen LogP) is 5.64. The lowest BCUT2D eigenvalue weighted by molar-refractivity contribution is 0.0472. The first-order chi connectivity index (χ1) is 16.7. The number of carbonyl (C=O) groups is 1. The Morgan fingerprint density at radius 3 is 2.46 bits per heavy atom. The summed E-state index contributed by atoms with van der Waals surface area (Å²) in [7, 11) is -4.12. The number of rotatable bonds is 7. The molecule has 1 heterocycles.